The van der Waals surface area contributed by atoms with Crippen molar-refractivity contribution in [1.82, 2.24) is 44.9 Å². The summed E-state index contributed by atoms with van der Waals surface area (Å²) in [6.45, 7) is 0. The summed E-state index contributed by atoms with van der Waals surface area (Å²) in [5, 5.41) is 22.1. The van der Waals surface area contributed by atoms with Gasteiger partial charge < -0.3 is 0 Å². The van der Waals surface area contributed by atoms with Gasteiger partial charge in [-0.2, -0.15) is 0 Å². The van der Waals surface area contributed by atoms with Crippen LogP contribution in [0.15, 0.2) is 455 Å². The van der Waals surface area contributed by atoms with Gasteiger partial charge in [0.2, 0.25) is 0 Å². The fourth-order valence-electron chi connectivity index (χ4n) is 18.8. The van der Waals surface area contributed by atoms with Crippen molar-refractivity contribution in [2.75, 3.05) is 0 Å². The molecular weight excluding hydrogens is 1700 g/mol. The monoisotopic (exact) mass is 1770 g/mol. The lowest BCUT2D eigenvalue weighted by atomic mass is 9.99. The Morgan fingerprint density at radius 2 is 0.430 bits per heavy atom. The van der Waals surface area contributed by atoms with Crippen LogP contribution in [0.25, 0.3) is 261 Å². The molecule has 27 aromatic rings. The second-order valence-electron chi connectivity index (χ2n) is 33.8. The van der Waals surface area contributed by atoms with Crippen LogP contribution in [0.1, 0.15) is 0 Å². The molecular formula is C123H75N9S3. The van der Waals surface area contributed by atoms with Gasteiger partial charge in [0.25, 0.3) is 0 Å². The SMILES string of the molecule is c1ccc(-c2nc(-c3ccc(-c4ccc5ccccc5c4)cc3)nc(-c3cc4ccccc4c4sc5ccccc5c34)n2)cc1.c1ccc(-c2nc(-c3ccc(-c4ccc5ccccc5c4)cc3)nc(-c3cccc4sc5cc6ccccc6cc5c34)n2)cc1.c1ccc(-c2nc(-c3ccc(-c4ccc5ccccc5c4)cc3)nc(-c3cccc4sc5ccc6ccccc6c5c34)n2)cc1. The van der Waals surface area contributed by atoms with E-state index in [0.717, 1.165) is 66.8 Å². The predicted molar refractivity (Wildman–Crippen MR) is 568 cm³/mol. The van der Waals surface area contributed by atoms with Gasteiger partial charge in [0, 0.05) is 111 Å². The second kappa shape index (κ2) is 34.3. The van der Waals surface area contributed by atoms with E-state index in [-0.39, 0.29) is 0 Å². The van der Waals surface area contributed by atoms with Crippen LogP contribution in [0.4, 0.5) is 0 Å². The molecule has 0 amide bonds. The van der Waals surface area contributed by atoms with Crippen LogP contribution < -0.4 is 0 Å². The Labute approximate surface area is 788 Å². The van der Waals surface area contributed by atoms with Crippen LogP contribution in [0.3, 0.4) is 0 Å². The van der Waals surface area contributed by atoms with E-state index in [1.807, 2.05) is 88.6 Å². The fraction of sp³-hybridized carbons (Fsp3) is 0. The molecule has 27 rings (SSSR count). The highest BCUT2D eigenvalue weighted by molar-refractivity contribution is 7.27. The van der Waals surface area contributed by atoms with Gasteiger partial charge in [-0.25, -0.2) is 44.9 Å². The minimum Gasteiger partial charge on any atom is -0.208 e. The minimum absolute atomic E-state index is 0.657. The van der Waals surface area contributed by atoms with Crippen molar-refractivity contribution < 1.29 is 0 Å². The van der Waals surface area contributed by atoms with Crippen LogP contribution in [0.5, 0.6) is 0 Å². The molecule has 0 aliphatic rings. The first-order valence-electron chi connectivity index (χ1n) is 45.1. The average Bonchev–Trinajstić information content (AvgIpc) is 1.63. The summed E-state index contributed by atoms with van der Waals surface area (Å²) >= 11 is 5.46. The predicted octanol–water partition coefficient (Wildman–Crippen LogP) is 33.6. The molecule has 0 saturated carbocycles. The van der Waals surface area contributed by atoms with Crippen molar-refractivity contribution >= 4 is 159 Å². The standard InChI is InChI=1S/3C41H25N3S/c1-2-11-28(12-3-1)39-42-40(29-21-18-27(19-22-29)31-23-20-26-10-4-5-13-30(26)24-31)44-41(43-39)35-25-32-14-6-7-15-33(32)38-37(35)34-16-8-9-17-36(34)45-38;1-2-11-29(12-3-1)39-42-40(30-20-17-27(18-21-30)32-22-19-26-9-4-5-13-31(26)25-32)44-41(43-39)34-15-8-16-35-38(34)37-33-14-7-6-10-28(33)23-24-36(37)45-35;1-2-10-28(11-3-1)39-42-40(29-20-17-27(18-21-29)33-22-19-26-9-4-5-12-30(26)23-33)44-41(43-39)34-15-8-16-36-38(34)35-24-31-13-6-7-14-32(31)25-37(35)45-36/h3*1-25H. The zero-order valence-corrected chi connectivity index (χ0v) is 75.0. The summed E-state index contributed by atoms with van der Waals surface area (Å²) < 4.78 is 7.48. The van der Waals surface area contributed by atoms with Crippen LogP contribution in [0.2, 0.25) is 0 Å². The summed E-state index contributed by atoms with van der Waals surface area (Å²) in [5.74, 6) is 5.99. The van der Waals surface area contributed by atoms with Crippen molar-refractivity contribution in [3.63, 3.8) is 0 Å². The number of nitrogens with zero attached hydrogens (tertiary/aromatic N) is 9. The van der Waals surface area contributed by atoms with Gasteiger partial charge in [0.1, 0.15) is 0 Å². The molecule has 0 unspecified atom stereocenters. The largest absolute Gasteiger partial charge is 0.208 e. The summed E-state index contributed by atoms with van der Waals surface area (Å²) in [6.07, 6.45) is 0. The van der Waals surface area contributed by atoms with Crippen molar-refractivity contribution in [2.45, 2.75) is 0 Å². The smallest absolute Gasteiger partial charge is 0.164 e. The Balaban J connectivity index is 0.000000108. The summed E-state index contributed by atoms with van der Waals surface area (Å²) in [7, 11) is 0. The first-order chi connectivity index (χ1) is 66.8. The molecule has 6 heterocycles. The molecule has 9 nitrogen and oxygen atoms in total. The number of rotatable bonds is 12. The van der Waals surface area contributed by atoms with Gasteiger partial charge >= 0.3 is 0 Å². The summed E-state index contributed by atoms with van der Waals surface area (Å²) in [6, 6.07) is 160. The molecule has 0 bridgehead atoms. The van der Waals surface area contributed by atoms with Gasteiger partial charge in [0.15, 0.2) is 52.4 Å². The highest BCUT2D eigenvalue weighted by Crippen LogP contribution is 2.48. The van der Waals surface area contributed by atoms with E-state index in [4.69, 9.17) is 44.9 Å². The first-order valence-corrected chi connectivity index (χ1v) is 47.5. The third kappa shape index (κ3) is 15.3. The number of hydrogen-bond acceptors (Lipinski definition) is 12. The lowest BCUT2D eigenvalue weighted by Crippen LogP contribution is -2.00. The molecule has 0 aliphatic heterocycles. The topological polar surface area (TPSA) is 116 Å². The molecule has 135 heavy (non-hydrogen) atoms. The van der Waals surface area contributed by atoms with Crippen LogP contribution in [0, 0.1) is 0 Å². The number of benzene rings is 21. The molecule has 0 radical (unpaired) electrons. The fourth-order valence-corrected chi connectivity index (χ4v) is 22.3. The Hall–Kier alpha value is -17.1. The van der Waals surface area contributed by atoms with Gasteiger partial charge in [-0.1, -0.05) is 394 Å². The Morgan fingerprint density at radius 3 is 0.889 bits per heavy atom. The number of fused-ring (bicyclic) bond motifs is 17. The van der Waals surface area contributed by atoms with E-state index >= 15 is 0 Å². The number of hydrogen-bond donors (Lipinski definition) is 0. The van der Waals surface area contributed by atoms with E-state index in [9.17, 15) is 0 Å². The lowest BCUT2D eigenvalue weighted by molar-refractivity contribution is 1.08. The maximum atomic E-state index is 5.17. The zero-order chi connectivity index (χ0) is 89.2. The van der Waals surface area contributed by atoms with Gasteiger partial charge in [-0.3, -0.25) is 0 Å². The number of thiophene rings is 3. The Morgan fingerprint density at radius 1 is 0.126 bits per heavy atom. The van der Waals surface area contributed by atoms with E-state index in [2.05, 4.69) is 400 Å². The molecule has 630 valence electrons. The maximum Gasteiger partial charge on any atom is 0.164 e. The van der Waals surface area contributed by atoms with E-state index in [1.165, 1.54) is 142 Å². The van der Waals surface area contributed by atoms with E-state index < -0.39 is 0 Å². The quantitative estimate of drug-likeness (QED) is 0.118. The zero-order valence-electron chi connectivity index (χ0n) is 72.6. The van der Waals surface area contributed by atoms with Crippen LogP contribution >= 0.6 is 34.0 Å². The van der Waals surface area contributed by atoms with Crippen molar-refractivity contribution in [3.8, 4) is 136 Å². The number of aromatic nitrogens is 9. The Bertz CT molecular complexity index is 9300. The van der Waals surface area contributed by atoms with E-state index in [0.29, 0.717) is 52.4 Å². The van der Waals surface area contributed by atoms with Gasteiger partial charge in [-0.15, -0.1) is 34.0 Å². The molecule has 0 N–H and O–H groups in total. The molecule has 0 aliphatic carbocycles. The molecule has 0 fully saturated rings. The third-order valence-corrected chi connectivity index (χ3v) is 29.0. The second-order valence-corrected chi connectivity index (χ2v) is 37.0. The highest BCUT2D eigenvalue weighted by atomic mass is 32.1. The summed E-state index contributed by atoms with van der Waals surface area (Å²) in [5.41, 5.74) is 15.8. The Kier molecular flexibility index (Phi) is 20.3. The maximum absolute atomic E-state index is 5.17. The van der Waals surface area contributed by atoms with Gasteiger partial charge in [-0.05, 0) is 159 Å². The third-order valence-electron chi connectivity index (χ3n) is 25.5. The van der Waals surface area contributed by atoms with Crippen LogP contribution in [-0.4, -0.2) is 44.9 Å². The molecule has 12 heteroatoms. The highest BCUT2D eigenvalue weighted by Gasteiger charge is 2.24. The minimum atomic E-state index is 0.657. The molecule has 21 aromatic carbocycles. The normalized spacial score (nSPS) is 11.6. The average molecular weight is 1780 g/mol. The molecule has 0 spiro atoms. The first kappa shape index (κ1) is 80.0. The van der Waals surface area contributed by atoms with Gasteiger partial charge in [0.05, 0.1) is 0 Å². The summed E-state index contributed by atoms with van der Waals surface area (Å²) in [4.78, 5) is 45.7. The van der Waals surface area contributed by atoms with E-state index in [1.54, 1.807) is 0 Å². The van der Waals surface area contributed by atoms with Crippen molar-refractivity contribution in [2.24, 2.45) is 0 Å². The lowest BCUT2D eigenvalue weighted by Gasteiger charge is -2.11. The molecule has 0 atom stereocenters. The van der Waals surface area contributed by atoms with Crippen LogP contribution in [-0.2, 0) is 0 Å². The molecule has 6 aromatic heterocycles. The van der Waals surface area contributed by atoms with Crippen molar-refractivity contribution in [1.29, 1.82) is 0 Å². The van der Waals surface area contributed by atoms with Crippen molar-refractivity contribution in [3.05, 3.63) is 455 Å². The molecule has 0 saturated heterocycles.